The van der Waals surface area contributed by atoms with Crippen LogP contribution in [0.15, 0.2) is 53.5 Å². The SMILES string of the molecule is CN=C(NCc1cccc([N+](=O)[O-])c1)NC(C)c1cccc(Cl)c1.I. The van der Waals surface area contributed by atoms with E-state index < -0.39 is 4.92 Å². The number of nitrogens with zero attached hydrogens (tertiary/aromatic N) is 2. The van der Waals surface area contributed by atoms with Crippen molar-refractivity contribution in [3.05, 3.63) is 74.8 Å². The lowest BCUT2D eigenvalue weighted by molar-refractivity contribution is -0.384. The van der Waals surface area contributed by atoms with E-state index in [-0.39, 0.29) is 35.7 Å². The molecule has 0 fully saturated rings. The molecule has 0 aliphatic rings. The predicted molar refractivity (Wildman–Crippen MR) is 112 cm³/mol. The molecule has 0 heterocycles. The maximum atomic E-state index is 10.8. The van der Waals surface area contributed by atoms with Gasteiger partial charge in [0.05, 0.1) is 11.0 Å². The first-order valence-corrected chi connectivity index (χ1v) is 7.83. The number of non-ortho nitro benzene ring substituents is 1. The molecule has 6 nitrogen and oxygen atoms in total. The van der Waals surface area contributed by atoms with E-state index in [1.165, 1.54) is 6.07 Å². The Morgan fingerprint density at radius 2 is 2.00 bits per heavy atom. The molecule has 8 heteroatoms. The molecule has 2 aromatic carbocycles. The number of benzene rings is 2. The van der Waals surface area contributed by atoms with E-state index in [9.17, 15) is 10.1 Å². The minimum atomic E-state index is -0.405. The van der Waals surface area contributed by atoms with Crippen molar-refractivity contribution in [2.75, 3.05) is 7.05 Å². The second kappa shape index (κ2) is 10.2. The zero-order valence-electron chi connectivity index (χ0n) is 13.9. The Morgan fingerprint density at radius 1 is 1.28 bits per heavy atom. The van der Waals surface area contributed by atoms with Gasteiger partial charge in [-0.05, 0) is 30.2 Å². The Balaban J connectivity index is 0.00000312. The fraction of sp³-hybridized carbons (Fsp3) is 0.235. The van der Waals surface area contributed by atoms with Gasteiger partial charge in [-0.1, -0.05) is 35.9 Å². The average molecular weight is 475 g/mol. The first kappa shape index (κ1) is 21.2. The standard InChI is InChI=1S/C17H19ClN4O2.HI/c1-12(14-6-4-7-15(18)10-14)21-17(19-2)20-11-13-5-3-8-16(9-13)22(23)24;/h3-10,12H,11H2,1-2H3,(H2,19,20,21);1H. The van der Waals surface area contributed by atoms with E-state index in [2.05, 4.69) is 15.6 Å². The molecule has 0 amide bonds. The van der Waals surface area contributed by atoms with E-state index >= 15 is 0 Å². The van der Waals surface area contributed by atoms with Crippen molar-refractivity contribution in [3.63, 3.8) is 0 Å². The molecule has 25 heavy (non-hydrogen) atoms. The molecule has 2 N–H and O–H groups in total. The van der Waals surface area contributed by atoms with Crippen LogP contribution in [0.5, 0.6) is 0 Å². The van der Waals surface area contributed by atoms with Gasteiger partial charge >= 0.3 is 0 Å². The fourth-order valence-corrected chi connectivity index (χ4v) is 2.42. The summed E-state index contributed by atoms with van der Waals surface area (Å²) < 4.78 is 0. The Bertz CT molecular complexity index is 755. The fourth-order valence-electron chi connectivity index (χ4n) is 2.22. The summed E-state index contributed by atoms with van der Waals surface area (Å²) in [5.41, 5.74) is 1.92. The van der Waals surface area contributed by atoms with E-state index in [0.717, 1.165) is 11.1 Å². The molecular formula is C17H20ClIN4O2. The van der Waals surface area contributed by atoms with Crippen molar-refractivity contribution >= 4 is 47.2 Å². The third-order valence-electron chi connectivity index (χ3n) is 3.51. The van der Waals surface area contributed by atoms with Crippen LogP contribution in [-0.4, -0.2) is 17.9 Å². The molecule has 0 aliphatic heterocycles. The first-order chi connectivity index (χ1) is 11.5. The normalized spacial score (nSPS) is 12.0. The van der Waals surface area contributed by atoms with Gasteiger partial charge in [0.15, 0.2) is 5.96 Å². The Hall–Kier alpha value is -1.87. The number of nitro groups is 1. The van der Waals surface area contributed by atoms with Crippen LogP contribution in [0.25, 0.3) is 0 Å². The lowest BCUT2D eigenvalue weighted by Crippen LogP contribution is -2.38. The molecule has 0 saturated heterocycles. The highest BCUT2D eigenvalue weighted by Gasteiger charge is 2.09. The Labute approximate surface area is 168 Å². The summed E-state index contributed by atoms with van der Waals surface area (Å²) >= 11 is 6.01. The van der Waals surface area contributed by atoms with Crippen molar-refractivity contribution in [2.24, 2.45) is 4.99 Å². The highest BCUT2D eigenvalue weighted by Crippen LogP contribution is 2.17. The van der Waals surface area contributed by atoms with E-state index in [1.54, 1.807) is 19.2 Å². The first-order valence-electron chi connectivity index (χ1n) is 7.45. The minimum Gasteiger partial charge on any atom is -0.352 e. The van der Waals surface area contributed by atoms with Crippen LogP contribution in [0, 0.1) is 10.1 Å². The molecule has 2 rings (SSSR count). The van der Waals surface area contributed by atoms with E-state index in [1.807, 2.05) is 37.3 Å². The van der Waals surface area contributed by atoms with Crippen LogP contribution in [-0.2, 0) is 6.54 Å². The third-order valence-corrected chi connectivity index (χ3v) is 3.74. The second-order valence-corrected chi connectivity index (χ2v) is 5.71. The van der Waals surface area contributed by atoms with Crippen LogP contribution < -0.4 is 10.6 Å². The summed E-state index contributed by atoms with van der Waals surface area (Å²) in [6, 6.07) is 14.1. The lowest BCUT2D eigenvalue weighted by Gasteiger charge is -2.18. The van der Waals surface area contributed by atoms with E-state index in [0.29, 0.717) is 17.5 Å². The average Bonchev–Trinajstić information content (AvgIpc) is 2.58. The molecule has 1 unspecified atom stereocenters. The largest absolute Gasteiger partial charge is 0.352 e. The van der Waals surface area contributed by atoms with Crippen LogP contribution in [0.3, 0.4) is 0 Å². The quantitative estimate of drug-likeness (QED) is 0.223. The van der Waals surface area contributed by atoms with Gasteiger partial charge in [0.25, 0.3) is 5.69 Å². The van der Waals surface area contributed by atoms with Crippen molar-refractivity contribution in [2.45, 2.75) is 19.5 Å². The molecule has 0 saturated carbocycles. The molecule has 2 aromatic rings. The van der Waals surface area contributed by atoms with Crippen molar-refractivity contribution in [1.82, 2.24) is 10.6 Å². The summed E-state index contributed by atoms with van der Waals surface area (Å²) in [6.07, 6.45) is 0. The van der Waals surface area contributed by atoms with Gasteiger partial charge in [0, 0.05) is 30.7 Å². The number of nitro benzene ring substituents is 1. The number of hydrogen-bond acceptors (Lipinski definition) is 3. The topological polar surface area (TPSA) is 79.6 Å². The van der Waals surface area contributed by atoms with Crippen LogP contribution in [0.1, 0.15) is 24.1 Å². The van der Waals surface area contributed by atoms with Gasteiger partial charge in [0.2, 0.25) is 0 Å². The number of hydrogen-bond donors (Lipinski definition) is 2. The van der Waals surface area contributed by atoms with Gasteiger partial charge in [-0.3, -0.25) is 15.1 Å². The molecule has 1 atom stereocenters. The molecule has 0 aromatic heterocycles. The lowest BCUT2D eigenvalue weighted by atomic mass is 10.1. The molecule has 0 aliphatic carbocycles. The van der Waals surface area contributed by atoms with E-state index in [4.69, 9.17) is 11.6 Å². The highest BCUT2D eigenvalue weighted by atomic mass is 127. The van der Waals surface area contributed by atoms with Crippen molar-refractivity contribution in [1.29, 1.82) is 0 Å². The highest BCUT2D eigenvalue weighted by molar-refractivity contribution is 14.0. The molecule has 0 bridgehead atoms. The third kappa shape index (κ3) is 6.50. The van der Waals surface area contributed by atoms with Gasteiger partial charge in [-0.15, -0.1) is 24.0 Å². The maximum Gasteiger partial charge on any atom is 0.269 e. The molecule has 134 valence electrons. The predicted octanol–water partition coefficient (Wildman–Crippen LogP) is 4.29. The van der Waals surface area contributed by atoms with Crippen molar-refractivity contribution < 1.29 is 4.92 Å². The zero-order chi connectivity index (χ0) is 17.5. The van der Waals surface area contributed by atoms with Gasteiger partial charge in [0.1, 0.15) is 0 Å². The molecule has 0 spiro atoms. The number of guanidine groups is 1. The van der Waals surface area contributed by atoms with Gasteiger partial charge in [-0.2, -0.15) is 0 Å². The van der Waals surface area contributed by atoms with Crippen LogP contribution >= 0.6 is 35.6 Å². The summed E-state index contributed by atoms with van der Waals surface area (Å²) in [4.78, 5) is 14.6. The van der Waals surface area contributed by atoms with Gasteiger partial charge in [-0.25, -0.2) is 0 Å². The maximum absolute atomic E-state index is 10.8. The molecular weight excluding hydrogens is 455 g/mol. The number of halogens is 2. The van der Waals surface area contributed by atoms with Crippen LogP contribution in [0.2, 0.25) is 5.02 Å². The number of aliphatic imine (C=N–C) groups is 1. The smallest absolute Gasteiger partial charge is 0.269 e. The molecule has 0 radical (unpaired) electrons. The van der Waals surface area contributed by atoms with Crippen LogP contribution in [0.4, 0.5) is 5.69 Å². The number of nitrogens with one attached hydrogen (secondary N) is 2. The minimum absolute atomic E-state index is 0. The Morgan fingerprint density at radius 3 is 2.64 bits per heavy atom. The second-order valence-electron chi connectivity index (χ2n) is 5.27. The Kier molecular flexibility index (Phi) is 8.64. The summed E-state index contributed by atoms with van der Waals surface area (Å²) in [7, 11) is 1.67. The van der Waals surface area contributed by atoms with Crippen molar-refractivity contribution in [3.8, 4) is 0 Å². The summed E-state index contributed by atoms with van der Waals surface area (Å²) in [5.74, 6) is 0.606. The zero-order valence-corrected chi connectivity index (χ0v) is 17.0. The van der Waals surface area contributed by atoms with Gasteiger partial charge < -0.3 is 10.6 Å². The number of rotatable bonds is 5. The summed E-state index contributed by atoms with van der Waals surface area (Å²) in [5, 5.41) is 17.9. The summed E-state index contributed by atoms with van der Waals surface area (Å²) in [6.45, 7) is 2.44. The monoisotopic (exact) mass is 474 g/mol.